The molecular weight excluding hydrogens is 257 g/mol. The lowest BCUT2D eigenvalue weighted by molar-refractivity contribution is -0.174. The van der Waals surface area contributed by atoms with E-state index >= 15 is 0 Å². The predicted octanol–water partition coefficient (Wildman–Crippen LogP) is 2.81. The van der Waals surface area contributed by atoms with E-state index < -0.39 is 18.8 Å². The van der Waals surface area contributed by atoms with Gasteiger partial charge in [-0.15, -0.1) is 0 Å². The van der Waals surface area contributed by atoms with Gasteiger partial charge in [-0.3, -0.25) is 4.98 Å². The van der Waals surface area contributed by atoms with Crippen molar-refractivity contribution in [2.75, 3.05) is 13.2 Å². The van der Waals surface area contributed by atoms with Crippen molar-refractivity contribution in [1.82, 2.24) is 4.98 Å². The van der Waals surface area contributed by atoms with Gasteiger partial charge in [-0.05, 0) is 23.8 Å². The molecule has 102 valence electrons. The summed E-state index contributed by atoms with van der Waals surface area (Å²) in [5.74, 6) is 0. The number of hydrogen-bond donors (Lipinski definition) is 1. The van der Waals surface area contributed by atoms with Gasteiger partial charge in [0.2, 0.25) is 0 Å². The van der Waals surface area contributed by atoms with Crippen molar-refractivity contribution in [2.24, 2.45) is 5.73 Å². The van der Waals surface area contributed by atoms with Gasteiger partial charge in [0.1, 0.15) is 6.61 Å². The van der Waals surface area contributed by atoms with Crippen LogP contribution in [-0.4, -0.2) is 24.4 Å². The molecule has 0 saturated heterocycles. The van der Waals surface area contributed by atoms with Gasteiger partial charge in [0.25, 0.3) is 0 Å². The zero-order valence-electron chi connectivity index (χ0n) is 10.0. The molecule has 2 aromatic rings. The highest BCUT2D eigenvalue weighted by Gasteiger charge is 2.27. The topological polar surface area (TPSA) is 48.1 Å². The molecule has 0 aliphatic heterocycles. The lowest BCUT2D eigenvalue weighted by Crippen LogP contribution is -2.23. The third-order valence-corrected chi connectivity index (χ3v) is 2.62. The van der Waals surface area contributed by atoms with E-state index in [2.05, 4.69) is 9.72 Å². The number of fused-ring (bicyclic) bond motifs is 1. The molecular formula is C13H13F3N2O. The largest absolute Gasteiger partial charge is 0.411 e. The van der Waals surface area contributed by atoms with E-state index in [0.29, 0.717) is 0 Å². The van der Waals surface area contributed by atoms with E-state index in [9.17, 15) is 13.2 Å². The van der Waals surface area contributed by atoms with Crippen LogP contribution in [0.2, 0.25) is 0 Å². The van der Waals surface area contributed by atoms with Crippen LogP contribution < -0.4 is 5.73 Å². The van der Waals surface area contributed by atoms with Crippen molar-refractivity contribution in [3.8, 4) is 0 Å². The molecule has 0 radical (unpaired) electrons. The number of hydrogen-bond acceptors (Lipinski definition) is 3. The molecule has 0 spiro atoms. The number of aromatic nitrogens is 1. The van der Waals surface area contributed by atoms with Crippen LogP contribution in [0.4, 0.5) is 13.2 Å². The standard InChI is InChI=1S/C13H13F3N2O/c14-13(15,16)8-19-7-11(17)9-3-4-12-10(6-9)2-1-5-18-12/h1-6,11H,7-8,17H2. The smallest absolute Gasteiger partial charge is 0.370 e. The number of halogens is 3. The molecule has 0 aliphatic carbocycles. The fraction of sp³-hybridized carbons (Fsp3) is 0.308. The highest BCUT2D eigenvalue weighted by molar-refractivity contribution is 5.79. The Kier molecular flexibility index (Phi) is 4.01. The number of pyridine rings is 1. The van der Waals surface area contributed by atoms with E-state index in [1.165, 1.54) is 0 Å². The van der Waals surface area contributed by atoms with Gasteiger partial charge in [0, 0.05) is 11.6 Å². The minimum Gasteiger partial charge on any atom is -0.370 e. The van der Waals surface area contributed by atoms with Crippen LogP contribution in [0.1, 0.15) is 11.6 Å². The van der Waals surface area contributed by atoms with Crippen molar-refractivity contribution in [3.63, 3.8) is 0 Å². The third-order valence-electron chi connectivity index (χ3n) is 2.62. The molecule has 1 aromatic carbocycles. The second-order valence-corrected chi connectivity index (χ2v) is 4.19. The number of nitrogens with two attached hydrogens (primary N) is 1. The second kappa shape index (κ2) is 5.54. The van der Waals surface area contributed by atoms with Gasteiger partial charge < -0.3 is 10.5 Å². The number of rotatable bonds is 4. The van der Waals surface area contributed by atoms with Crippen LogP contribution in [0.3, 0.4) is 0 Å². The molecule has 1 atom stereocenters. The Morgan fingerprint density at radius 3 is 2.79 bits per heavy atom. The van der Waals surface area contributed by atoms with Crippen molar-refractivity contribution in [3.05, 3.63) is 42.1 Å². The first kappa shape index (κ1) is 13.8. The van der Waals surface area contributed by atoms with Gasteiger partial charge in [0.15, 0.2) is 0 Å². The Bertz CT molecular complexity index is 557. The molecule has 1 heterocycles. The summed E-state index contributed by atoms with van der Waals surface area (Å²) in [4.78, 5) is 4.16. The van der Waals surface area contributed by atoms with Gasteiger partial charge in [0.05, 0.1) is 18.2 Å². The number of nitrogens with zero attached hydrogens (tertiary/aromatic N) is 1. The summed E-state index contributed by atoms with van der Waals surface area (Å²) in [6.07, 6.45) is -2.65. The molecule has 2 rings (SSSR count). The van der Waals surface area contributed by atoms with Crippen LogP contribution in [-0.2, 0) is 4.74 Å². The summed E-state index contributed by atoms with van der Waals surface area (Å²) < 4.78 is 40.4. The number of benzene rings is 1. The van der Waals surface area contributed by atoms with Crippen LogP contribution >= 0.6 is 0 Å². The van der Waals surface area contributed by atoms with E-state index in [4.69, 9.17) is 5.73 Å². The first-order valence-corrected chi connectivity index (χ1v) is 5.70. The molecule has 0 saturated carbocycles. The Hall–Kier alpha value is -1.66. The van der Waals surface area contributed by atoms with Crippen LogP contribution in [0.25, 0.3) is 10.9 Å². The molecule has 19 heavy (non-hydrogen) atoms. The second-order valence-electron chi connectivity index (χ2n) is 4.19. The summed E-state index contributed by atoms with van der Waals surface area (Å²) in [7, 11) is 0. The summed E-state index contributed by atoms with van der Waals surface area (Å²) >= 11 is 0. The number of alkyl halides is 3. The first-order chi connectivity index (χ1) is 8.96. The monoisotopic (exact) mass is 270 g/mol. The van der Waals surface area contributed by atoms with Gasteiger partial charge in [-0.2, -0.15) is 13.2 Å². The molecule has 0 amide bonds. The molecule has 1 unspecified atom stereocenters. The maximum atomic E-state index is 11.9. The van der Waals surface area contributed by atoms with Crippen LogP contribution in [0.5, 0.6) is 0 Å². The van der Waals surface area contributed by atoms with E-state index in [0.717, 1.165) is 16.5 Å². The Balaban J connectivity index is 2.03. The zero-order chi connectivity index (χ0) is 13.9. The Labute approximate surface area is 108 Å². The molecule has 6 heteroatoms. The highest BCUT2D eigenvalue weighted by atomic mass is 19.4. The van der Waals surface area contributed by atoms with Gasteiger partial charge >= 0.3 is 6.18 Å². The summed E-state index contributed by atoms with van der Waals surface area (Å²) in [5.41, 5.74) is 7.34. The third kappa shape index (κ3) is 3.90. The average Bonchev–Trinajstić information content (AvgIpc) is 2.36. The van der Waals surface area contributed by atoms with E-state index in [-0.39, 0.29) is 6.61 Å². The normalized spacial score (nSPS) is 13.7. The SMILES string of the molecule is NC(COCC(F)(F)F)c1ccc2ncccc2c1. The van der Waals surface area contributed by atoms with Crippen molar-refractivity contribution >= 4 is 10.9 Å². The van der Waals surface area contributed by atoms with Crippen LogP contribution in [0, 0.1) is 0 Å². The van der Waals surface area contributed by atoms with Crippen molar-refractivity contribution in [1.29, 1.82) is 0 Å². The van der Waals surface area contributed by atoms with E-state index in [1.54, 1.807) is 24.4 Å². The lowest BCUT2D eigenvalue weighted by Gasteiger charge is -2.14. The molecule has 3 nitrogen and oxygen atoms in total. The molecule has 0 fully saturated rings. The van der Waals surface area contributed by atoms with E-state index in [1.807, 2.05) is 12.1 Å². The van der Waals surface area contributed by atoms with Crippen molar-refractivity contribution < 1.29 is 17.9 Å². The molecule has 2 N–H and O–H groups in total. The minimum atomic E-state index is -4.33. The van der Waals surface area contributed by atoms with Gasteiger partial charge in [-0.1, -0.05) is 12.1 Å². The fourth-order valence-corrected chi connectivity index (χ4v) is 1.72. The first-order valence-electron chi connectivity index (χ1n) is 5.70. The quantitative estimate of drug-likeness (QED) is 0.929. The summed E-state index contributed by atoms with van der Waals surface area (Å²) in [6, 6.07) is 8.41. The maximum absolute atomic E-state index is 11.9. The summed E-state index contributed by atoms with van der Waals surface area (Å²) in [5, 5.41) is 0.895. The van der Waals surface area contributed by atoms with Crippen molar-refractivity contribution in [2.45, 2.75) is 12.2 Å². The molecule has 1 aromatic heterocycles. The lowest BCUT2D eigenvalue weighted by atomic mass is 10.1. The minimum absolute atomic E-state index is 0.175. The zero-order valence-corrected chi connectivity index (χ0v) is 10.0. The number of ether oxygens (including phenoxy) is 1. The predicted molar refractivity (Wildman–Crippen MR) is 65.5 cm³/mol. The molecule has 0 bridgehead atoms. The maximum Gasteiger partial charge on any atom is 0.411 e. The average molecular weight is 270 g/mol. The Morgan fingerprint density at radius 2 is 2.05 bits per heavy atom. The fourth-order valence-electron chi connectivity index (χ4n) is 1.72. The Morgan fingerprint density at radius 1 is 1.26 bits per heavy atom. The molecule has 0 aliphatic rings. The van der Waals surface area contributed by atoms with Gasteiger partial charge in [-0.25, -0.2) is 0 Å². The van der Waals surface area contributed by atoms with Crippen LogP contribution in [0.15, 0.2) is 36.5 Å². The summed E-state index contributed by atoms with van der Waals surface area (Å²) in [6.45, 7) is -1.46. The highest BCUT2D eigenvalue weighted by Crippen LogP contribution is 2.19.